The van der Waals surface area contributed by atoms with Crippen LogP contribution in [0.3, 0.4) is 0 Å². The minimum Gasteiger partial charge on any atom is -0.301 e. The molecule has 0 aliphatic rings. The zero-order valence-electron chi connectivity index (χ0n) is 8.36. The predicted molar refractivity (Wildman–Crippen MR) is 80.3 cm³/mol. The fraction of sp³-hybridized carbons (Fsp3) is 0. The highest BCUT2D eigenvalue weighted by Crippen LogP contribution is 2.25. The SMILES string of the molecule is O=S(Nc1ccc(Cl)c(Cl)c1)/C(S)=C/C=C/Cl. The smallest absolute Gasteiger partial charge is 0.156 e. The van der Waals surface area contributed by atoms with Crippen molar-refractivity contribution < 1.29 is 4.21 Å². The minimum atomic E-state index is -1.47. The van der Waals surface area contributed by atoms with E-state index in [1.54, 1.807) is 18.2 Å². The molecule has 0 radical (unpaired) electrons. The molecule has 2 nitrogen and oxygen atoms in total. The van der Waals surface area contributed by atoms with Crippen molar-refractivity contribution in [2.45, 2.75) is 0 Å². The first-order chi connectivity index (χ1) is 8.04. The molecule has 0 saturated heterocycles. The highest BCUT2D eigenvalue weighted by atomic mass is 35.5. The maximum atomic E-state index is 11.7. The van der Waals surface area contributed by atoms with Gasteiger partial charge in [-0.25, -0.2) is 4.21 Å². The van der Waals surface area contributed by atoms with Gasteiger partial charge in [0.2, 0.25) is 0 Å². The fourth-order valence-electron chi connectivity index (χ4n) is 0.899. The Hall–Kier alpha value is -0.130. The summed E-state index contributed by atoms with van der Waals surface area (Å²) in [6, 6.07) is 4.87. The van der Waals surface area contributed by atoms with Crippen molar-refractivity contribution in [2.24, 2.45) is 0 Å². The molecule has 1 atom stereocenters. The lowest BCUT2D eigenvalue weighted by molar-refractivity contribution is 0.691. The van der Waals surface area contributed by atoms with Gasteiger partial charge in [0.1, 0.15) is 0 Å². The zero-order chi connectivity index (χ0) is 12.8. The molecular weight excluding hydrogens is 321 g/mol. The first-order valence-corrected chi connectivity index (χ1v) is 7.13. The zero-order valence-corrected chi connectivity index (χ0v) is 12.3. The summed E-state index contributed by atoms with van der Waals surface area (Å²) in [4.78, 5) is 0. The molecule has 92 valence electrons. The Balaban J connectivity index is 2.78. The Kier molecular flexibility index (Phi) is 6.44. The van der Waals surface area contributed by atoms with Gasteiger partial charge in [-0.05, 0) is 30.4 Å². The van der Waals surface area contributed by atoms with Gasteiger partial charge in [-0.1, -0.05) is 34.8 Å². The lowest BCUT2D eigenvalue weighted by Gasteiger charge is -2.06. The summed E-state index contributed by atoms with van der Waals surface area (Å²) in [5.74, 6) is 0. The van der Waals surface area contributed by atoms with Crippen LogP contribution >= 0.6 is 47.4 Å². The second kappa shape index (κ2) is 7.34. The Morgan fingerprint density at radius 1 is 1.35 bits per heavy atom. The second-order valence-corrected chi connectivity index (χ2v) is 5.86. The van der Waals surface area contributed by atoms with Crippen molar-refractivity contribution in [1.82, 2.24) is 0 Å². The molecule has 1 unspecified atom stereocenters. The largest absolute Gasteiger partial charge is 0.301 e. The number of rotatable bonds is 4. The normalized spacial score (nSPS) is 14.0. The summed E-state index contributed by atoms with van der Waals surface area (Å²) < 4.78 is 14.8. The summed E-state index contributed by atoms with van der Waals surface area (Å²) in [5.41, 5.74) is 1.89. The highest BCUT2D eigenvalue weighted by Gasteiger charge is 2.04. The third-order valence-electron chi connectivity index (χ3n) is 1.63. The summed E-state index contributed by atoms with van der Waals surface area (Å²) in [7, 11) is -1.47. The Morgan fingerprint density at radius 2 is 2.06 bits per heavy atom. The van der Waals surface area contributed by atoms with Gasteiger partial charge in [-0.15, -0.1) is 12.6 Å². The molecule has 1 aromatic carbocycles. The average molecular weight is 329 g/mol. The van der Waals surface area contributed by atoms with Gasteiger partial charge in [0.15, 0.2) is 11.0 Å². The van der Waals surface area contributed by atoms with Crippen molar-refractivity contribution in [3.63, 3.8) is 0 Å². The topological polar surface area (TPSA) is 29.1 Å². The number of nitrogens with one attached hydrogen (secondary N) is 1. The Labute approximate surface area is 123 Å². The van der Waals surface area contributed by atoms with Crippen molar-refractivity contribution in [3.05, 3.63) is 50.2 Å². The van der Waals surface area contributed by atoms with E-state index >= 15 is 0 Å². The highest BCUT2D eigenvalue weighted by molar-refractivity contribution is 8.07. The lowest BCUT2D eigenvalue weighted by Crippen LogP contribution is -2.03. The van der Waals surface area contributed by atoms with Crippen LogP contribution in [0.4, 0.5) is 5.69 Å². The molecule has 0 amide bonds. The lowest BCUT2D eigenvalue weighted by atomic mass is 10.3. The molecule has 0 aliphatic carbocycles. The van der Waals surface area contributed by atoms with E-state index in [4.69, 9.17) is 34.8 Å². The van der Waals surface area contributed by atoms with Gasteiger partial charge in [0.05, 0.1) is 14.3 Å². The molecular formula is C10H8Cl3NOS2. The molecule has 0 aromatic heterocycles. The van der Waals surface area contributed by atoms with Crippen LogP contribution in [0.15, 0.2) is 40.1 Å². The third-order valence-corrected chi connectivity index (χ3v) is 4.10. The summed E-state index contributed by atoms with van der Waals surface area (Å²) >= 11 is 21.0. The minimum absolute atomic E-state index is 0.341. The van der Waals surface area contributed by atoms with Gasteiger partial charge in [-0.3, -0.25) is 0 Å². The Bertz CT molecular complexity index is 488. The number of hydrogen-bond acceptors (Lipinski definition) is 2. The molecule has 0 fully saturated rings. The van der Waals surface area contributed by atoms with E-state index in [1.807, 2.05) is 0 Å². The van der Waals surface area contributed by atoms with Crippen LogP contribution in [-0.4, -0.2) is 4.21 Å². The van der Waals surface area contributed by atoms with Gasteiger partial charge < -0.3 is 4.72 Å². The van der Waals surface area contributed by atoms with Crippen molar-refractivity contribution >= 4 is 64.1 Å². The van der Waals surface area contributed by atoms with E-state index in [1.165, 1.54) is 17.7 Å². The maximum Gasteiger partial charge on any atom is 0.156 e. The van der Waals surface area contributed by atoms with E-state index < -0.39 is 11.0 Å². The maximum absolute atomic E-state index is 11.7. The molecule has 0 spiro atoms. The average Bonchev–Trinajstić information content (AvgIpc) is 2.30. The van der Waals surface area contributed by atoms with Crippen molar-refractivity contribution in [1.29, 1.82) is 0 Å². The molecule has 1 N–H and O–H groups in total. The molecule has 17 heavy (non-hydrogen) atoms. The van der Waals surface area contributed by atoms with Gasteiger partial charge in [-0.2, -0.15) is 0 Å². The van der Waals surface area contributed by atoms with Gasteiger partial charge in [0, 0.05) is 11.2 Å². The number of anilines is 1. The van der Waals surface area contributed by atoms with E-state index in [-0.39, 0.29) is 0 Å². The van der Waals surface area contributed by atoms with Crippen LogP contribution in [0.2, 0.25) is 10.0 Å². The summed E-state index contributed by atoms with van der Waals surface area (Å²) in [6.45, 7) is 0. The fourth-order valence-corrected chi connectivity index (χ4v) is 2.14. The first kappa shape index (κ1) is 14.9. The number of halogens is 3. The van der Waals surface area contributed by atoms with Crippen LogP contribution in [0, 0.1) is 0 Å². The first-order valence-electron chi connectivity index (χ1n) is 4.34. The summed E-state index contributed by atoms with van der Waals surface area (Å²) in [5, 5.41) is 0.828. The number of benzene rings is 1. The number of thiol groups is 1. The molecule has 0 aliphatic heterocycles. The standard InChI is InChI=1S/C10H8Cl3NOS2/c11-5-1-2-10(16)17(15)14-7-3-4-8(12)9(13)6-7/h1-6,14,16H/b5-1+,10-2+. The second-order valence-electron chi connectivity index (χ2n) is 2.82. The van der Waals surface area contributed by atoms with E-state index in [2.05, 4.69) is 17.4 Å². The molecule has 1 rings (SSSR count). The van der Waals surface area contributed by atoms with Crippen LogP contribution in [0.25, 0.3) is 0 Å². The van der Waals surface area contributed by atoms with Crippen LogP contribution in [0.1, 0.15) is 0 Å². The van der Waals surface area contributed by atoms with Crippen LogP contribution in [-0.2, 0) is 11.0 Å². The van der Waals surface area contributed by atoms with E-state index in [0.29, 0.717) is 20.0 Å². The van der Waals surface area contributed by atoms with E-state index in [0.717, 1.165) is 0 Å². The summed E-state index contributed by atoms with van der Waals surface area (Å²) in [6.07, 6.45) is 3.05. The van der Waals surface area contributed by atoms with Crippen LogP contribution in [0.5, 0.6) is 0 Å². The number of allylic oxidation sites excluding steroid dienone is 2. The van der Waals surface area contributed by atoms with Gasteiger partial charge >= 0.3 is 0 Å². The monoisotopic (exact) mass is 327 g/mol. The number of hydrogen-bond donors (Lipinski definition) is 2. The van der Waals surface area contributed by atoms with Crippen molar-refractivity contribution in [3.8, 4) is 0 Å². The molecule has 0 bridgehead atoms. The molecule has 1 aromatic rings. The van der Waals surface area contributed by atoms with E-state index in [9.17, 15) is 4.21 Å². The quantitative estimate of drug-likeness (QED) is 0.614. The predicted octanol–water partition coefficient (Wildman–Crippen LogP) is 4.59. The van der Waals surface area contributed by atoms with Crippen molar-refractivity contribution in [2.75, 3.05) is 4.72 Å². The third kappa shape index (κ3) is 4.94. The van der Waals surface area contributed by atoms with Crippen LogP contribution < -0.4 is 4.72 Å². The molecule has 7 heteroatoms. The van der Waals surface area contributed by atoms with Gasteiger partial charge in [0.25, 0.3) is 0 Å². The Morgan fingerprint density at radius 3 is 2.65 bits per heavy atom. The molecule has 0 saturated carbocycles. The molecule has 0 heterocycles.